The van der Waals surface area contributed by atoms with E-state index in [1.165, 1.54) is 24.6 Å². The van der Waals surface area contributed by atoms with Gasteiger partial charge >= 0.3 is 11.9 Å². The first-order chi connectivity index (χ1) is 9.78. The van der Waals surface area contributed by atoms with Crippen LogP contribution in [0.15, 0.2) is 23.2 Å². The molecule has 0 fully saturated rings. The molecule has 0 aromatic carbocycles. The SMILES string of the molecule is COC(=O)c1ccsc1N/C=C(/C#N)C(=O)OC(C)(C)C. The molecule has 1 heterocycles. The summed E-state index contributed by atoms with van der Waals surface area (Å²) >= 11 is 1.25. The van der Waals surface area contributed by atoms with Crippen LogP contribution in [0.2, 0.25) is 0 Å². The van der Waals surface area contributed by atoms with Gasteiger partial charge in [-0.15, -0.1) is 11.3 Å². The number of hydrogen-bond donors (Lipinski definition) is 1. The summed E-state index contributed by atoms with van der Waals surface area (Å²) in [4.78, 5) is 23.3. The average Bonchev–Trinajstić information content (AvgIpc) is 2.85. The molecule has 6 nitrogen and oxygen atoms in total. The summed E-state index contributed by atoms with van der Waals surface area (Å²) < 4.78 is 9.73. The zero-order valence-corrected chi connectivity index (χ0v) is 13.0. The topological polar surface area (TPSA) is 88.4 Å². The van der Waals surface area contributed by atoms with Crippen molar-refractivity contribution in [1.29, 1.82) is 5.26 Å². The van der Waals surface area contributed by atoms with Gasteiger partial charge in [-0.2, -0.15) is 5.26 Å². The molecule has 1 rings (SSSR count). The van der Waals surface area contributed by atoms with Crippen LogP contribution in [0.25, 0.3) is 0 Å². The fourth-order valence-electron chi connectivity index (χ4n) is 1.30. The molecule has 0 spiro atoms. The molecule has 0 aliphatic heterocycles. The maximum atomic E-state index is 11.8. The molecule has 1 N–H and O–H groups in total. The highest BCUT2D eigenvalue weighted by molar-refractivity contribution is 7.14. The third kappa shape index (κ3) is 4.93. The number of nitrogens with one attached hydrogen (secondary N) is 1. The minimum atomic E-state index is -0.728. The number of anilines is 1. The van der Waals surface area contributed by atoms with Crippen molar-refractivity contribution >= 4 is 28.3 Å². The zero-order chi connectivity index (χ0) is 16.0. The first kappa shape index (κ1) is 16.7. The van der Waals surface area contributed by atoms with E-state index in [9.17, 15) is 9.59 Å². The summed E-state index contributed by atoms with van der Waals surface area (Å²) in [5.74, 6) is -1.23. The average molecular weight is 308 g/mol. The van der Waals surface area contributed by atoms with E-state index < -0.39 is 17.5 Å². The van der Waals surface area contributed by atoms with E-state index in [-0.39, 0.29) is 5.57 Å². The summed E-state index contributed by atoms with van der Waals surface area (Å²) in [6.07, 6.45) is 1.21. The van der Waals surface area contributed by atoms with Crippen LogP contribution in [0.5, 0.6) is 0 Å². The van der Waals surface area contributed by atoms with Gasteiger partial charge in [0.2, 0.25) is 0 Å². The van der Waals surface area contributed by atoms with E-state index in [1.807, 2.05) is 0 Å². The smallest absolute Gasteiger partial charge is 0.350 e. The Hall–Kier alpha value is -2.33. The Morgan fingerprint density at radius 1 is 1.43 bits per heavy atom. The van der Waals surface area contributed by atoms with Gasteiger partial charge in [-0.25, -0.2) is 9.59 Å². The summed E-state index contributed by atoms with van der Waals surface area (Å²) in [5, 5.41) is 13.9. The third-order valence-electron chi connectivity index (χ3n) is 2.16. The largest absolute Gasteiger partial charge is 0.465 e. The van der Waals surface area contributed by atoms with Crippen molar-refractivity contribution in [3.05, 3.63) is 28.8 Å². The summed E-state index contributed by atoms with van der Waals surface area (Å²) in [6.45, 7) is 5.13. The number of rotatable bonds is 4. The van der Waals surface area contributed by atoms with Crippen LogP contribution in [0.3, 0.4) is 0 Å². The van der Waals surface area contributed by atoms with Crippen molar-refractivity contribution in [2.75, 3.05) is 12.4 Å². The number of thiophene rings is 1. The molecule has 7 heteroatoms. The van der Waals surface area contributed by atoms with Gasteiger partial charge in [-0.05, 0) is 32.2 Å². The van der Waals surface area contributed by atoms with Crippen molar-refractivity contribution in [3.63, 3.8) is 0 Å². The molecule has 0 saturated carbocycles. The second kappa shape index (κ2) is 6.90. The molecule has 0 aliphatic carbocycles. The van der Waals surface area contributed by atoms with Crippen molar-refractivity contribution in [1.82, 2.24) is 0 Å². The quantitative estimate of drug-likeness (QED) is 0.522. The van der Waals surface area contributed by atoms with Crippen molar-refractivity contribution in [3.8, 4) is 6.07 Å². The molecule has 1 aromatic rings. The van der Waals surface area contributed by atoms with Crippen LogP contribution in [0.1, 0.15) is 31.1 Å². The molecule has 0 unspecified atom stereocenters. The number of nitrogens with zero attached hydrogens (tertiary/aromatic N) is 1. The van der Waals surface area contributed by atoms with Gasteiger partial charge in [0.25, 0.3) is 0 Å². The van der Waals surface area contributed by atoms with E-state index in [0.717, 1.165) is 0 Å². The van der Waals surface area contributed by atoms with Crippen molar-refractivity contribution in [2.45, 2.75) is 26.4 Å². The fraction of sp³-hybridized carbons (Fsp3) is 0.357. The molecule has 21 heavy (non-hydrogen) atoms. The maximum absolute atomic E-state index is 11.8. The van der Waals surface area contributed by atoms with E-state index >= 15 is 0 Å². The van der Waals surface area contributed by atoms with E-state index in [4.69, 9.17) is 10.00 Å². The lowest BCUT2D eigenvalue weighted by molar-refractivity contribution is -0.149. The monoisotopic (exact) mass is 308 g/mol. The molecule has 0 saturated heterocycles. The number of hydrogen-bond acceptors (Lipinski definition) is 7. The second-order valence-corrected chi connectivity index (χ2v) is 5.89. The summed E-state index contributed by atoms with van der Waals surface area (Å²) in [7, 11) is 1.28. The van der Waals surface area contributed by atoms with Gasteiger partial charge in [0, 0.05) is 6.20 Å². The van der Waals surface area contributed by atoms with Crippen LogP contribution in [-0.4, -0.2) is 24.6 Å². The van der Waals surface area contributed by atoms with Crippen LogP contribution in [0, 0.1) is 11.3 Å². The lowest BCUT2D eigenvalue weighted by Gasteiger charge is -2.18. The minimum Gasteiger partial charge on any atom is -0.465 e. The molecule has 0 atom stereocenters. The predicted octanol–water partition coefficient (Wildman–Crippen LogP) is 2.70. The summed E-state index contributed by atoms with van der Waals surface area (Å²) in [6, 6.07) is 3.35. The standard InChI is InChI=1S/C14H16N2O4S/c1-14(2,3)20-12(17)9(7-15)8-16-11-10(5-6-21-11)13(18)19-4/h5-6,8,16H,1-4H3/b9-8-. The highest BCUT2D eigenvalue weighted by Gasteiger charge is 2.20. The molecule has 0 bridgehead atoms. The normalized spacial score (nSPS) is 11.5. The molecule has 0 amide bonds. The minimum absolute atomic E-state index is 0.186. The third-order valence-corrected chi connectivity index (χ3v) is 3.00. The van der Waals surface area contributed by atoms with Crippen molar-refractivity contribution < 1.29 is 19.1 Å². The molecular formula is C14H16N2O4S. The Morgan fingerprint density at radius 2 is 2.10 bits per heavy atom. The Balaban J connectivity index is 2.88. The van der Waals surface area contributed by atoms with Crippen LogP contribution in [-0.2, 0) is 14.3 Å². The van der Waals surface area contributed by atoms with E-state index in [2.05, 4.69) is 10.1 Å². The van der Waals surface area contributed by atoms with Gasteiger partial charge in [0.1, 0.15) is 16.7 Å². The Bertz CT molecular complexity index is 605. The summed E-state index contributed by atoms with van der Waals surface area (Å²) in [5.41, 5.74) is -0.540. The maximum Gasteiger partial charge on any atom is 0.350 e. The number of ether oxygens (including phenoxy) is 2. The van der Waals surface area contributed by atoms with Gasteiger partial charge in [0.05, 0.1) is 12.7 Å². The van der Waals surface area contributed by atoms with Gasteiger partial charge in [-0.1, -0.05) is 0 Å². The molecule has 1 aromatic heterocycles. The van der Waals surface area contributed by atoms with E-state index in [0.29, 0.717) is 10.6 Å². The Morgan fingerprint density at radius 3 is 2.62 bits per heavy atom. The number of esters is 2. The molecule has 0 radical (unpaired) electrons. The van der Waals surface area contributed by atoms with Crippen LogP contribution >= 0.6 is 11.3 Å². The Kier molecular flexibility index (Phi) is 5.50. The molecular weight excluding hydrogens is 292 g/mol. The number of nitriles is 1. The van der Waals surface area contributed by atoms with Crippen LogP contribution < -0.4 is 5.32 Å². The molecule has 112 valence electrons. The lowest BCUT2D eigenvalue weighted by atomic mass is 10.2. The second-order valence-electron chi connectivity index (χ2n) is 4.97. The number of carbonyl (C=O) groups is 2. The highest BCUT2D eigenvalue weighted by atomic mass is 32.1. The highest BCUT2D eigenvalue weighted by Crippen LogP contribution is 2.24. The van der Waals surface area contributed by atoms with Gasteiger partial charge in [-0.3, -0.25) is 0 Å². The van der Waals surface area contributed by atoms with Crippen molar-refractivity contribution in [2.24, 2.45) is 0 Å². The lowest BCUT2D eigenvalue weighted by Crippen LogP contribution is -2.24. The number of carbonyl (C=O) groups excluding carboxylic acids is 2. The zero-order valence-electron chi connectivity index (χ0n) is 12.2. The van der Waals surface area contributed by atoms with E-state index in [1.54, 1.807) is 38.3 Å². The van der Waals surface area contributed by atoms with Gasteiger partial charge < -0.3 is 14.8 Å². The van der Waals surface area contributed by atoms with Crippen LogP contribution in [0.4, 0.5) is 5.00 Å². The molecule has 0 aliphatic rings. The Labute approximate surface area is 127 Å². The number of methoxy groups -OCH3 is 1. The van der Waals surface area contributed by atoms with Gasteiger partial charge in [0.15, 0.2) is 5.57 Å². The first-order valence-electron chi connectivity index (χ1n) is 6.04. The predicted molar refractivity (Wildman–Crippen MR) is 78.8 cm³/mol. The first-order valence-corrected chi connectivity index (χ1v) is 6.92. The fourth-order valence-corrected chi connectivity index (χ4v) is 2.04.